The first-order valence-electron chi connectivity index (χ1n) is 13.5. The van der Waals surface area contributed by atoms with Gasteiger partial charge in [-0.25, -0.2) is 4.57 Å². The fraction of sp³-hybridized carbons (Fsp3) is 0.0588. The van der Waals surface area contributed by atoms with Crippen molar-refractivity contribution in [3.8, 4) is 22.9 Å². The molecule has 3 aliphatic rings. The van der Waals surface area contributed by atoms with Gasteiger partial charge in [-0.1, -0.05) is 48.5 Å². The van der Waals surface area contributed by atoms with E-state index in [2.05, 4.69) is 128 Å². The minimum absolute atomic E-state index is 0.608. The van der Waals surface area contributed by atoms with Crippen LogP contribution in [-0.4, -0.2) is 8.97 Å². The smallest absolute Gasteiger partial charge is 0.316 e. The highest BCUT2D eigenvalue weighted by molar-refractivity contribution is 6.16. The molecule has 11 rings (SSSR count). The van der Waals surface area contributed by atoms with E-state index in [1.54, 1.807) is 0 Å². The summed E-state index contributed by atoms with van der Waals surface area (Å²) < 4.78 is 16.8. The van der Waals surface area contributed by atoms with Gasteiger partial charge in [0.05, 0.1) is 18.0 Å². The maximum Gasteiger partial charge on any atom is 0.316 e. The molecule has 0 fully saturated rings. The molecule has 0 N–H and O–H groups in total. The van der Waals surface area contributed by atoms with Gasteiger partial charge < -0.3 is 4.74 Å². The van der Waals surface area contributed by atoms with Gasteiger partial charge in [0, 0.05) is 10.8 Å². The second kappa shape index (κ2) is 5.79. The molecule has 8 aromatic rings. The van der Waals surface area contributed by atoms with Crippen LogP contribution in [0.2, 0.25) is 0 Å². The van der Waals surface area contributed by atoms with Gasteiger partial charge in [0.15, 0.2) is 22.1 Å². The molecule has 0 saturated carbocycles. The van der Waals surface area contributed by atoms with Gasteiger partial charge in [-0.05, 0) is 54.6 Å². The molecule has 6 heterocycles. The fourth-order valence-corrected chi connectivity index (χ4v) is 8.23. The first-order valence-corrected chi connectivity index (χ1v) is 13.5. The van der Waals surface area contributed by atoms with Crippen LogP contribution >= 0.6 is 0 Å². The van der Waals surface area contributed by atoms with E-state index >= 15 is 0 Å². The molecule has 0 bridgehead atoms. The Morgan fingerprint density at radius 2 is 1.33 bits per heavy atom. The molecule has 39 heavy (non-hydrogen) atoms. The Balaban J connectivity index is 1.55. The van der Waals surface area contributed by atoms with E-state index in [4.69, 9.17) is 4.74 Å². The van der Waals surface area contributed by atoms with Crippen molar-refractivity contribution in [3.63, 3.8) is 0 Å². The summed E-state index contributed by atoms with van der Waals surface area (Å²) in [4.78, 5) is 0. The lowest BCUT2D eigenvalue weighted by atomic mass is 9.85. The molecule has 0 saturated heterocycles. The molecule has 3 aromatic heterocycles. The molecule has 1 spiro atoms. The zero-order chi connectivity index (χ0) is 25.2. The Kier molecular flexibility index (Phi) is 2.82. The first-order chi connectivity index (χ1) is 19.3. The van der Waals surface area contributed by atoms with E-state index in [-0.39, 0.29) is 0 Å². The molecule has 0 amide bonds. The van der Waals surface area contributed by atoms with Crippen LogP contribution in [0.4, 0.5) is 0 Å². The number of aryl methyl sites for hydroxylation is 1. The number of aromatic nitrogens is 4. The highest BCUT2D eigenvalue weighted by atomic mass is 16.5. The average Bonchev–Trinajstić information content (AvgIpc) is 3.68. The molecule has 0 aliphatic carbocycles. The third-order valence-electron chi connectivity index (χ3n) is 9.46. The predicted molar refractivity (Wildman–Crippen MR) is 150 cm³/mol. The minimum Gasteiger partial charge on any atom is -0.456 e. The molecule has 1 unspecified atom stereocenters. The number of para-hydroxylation sites is 5. The van der Waals surface area contributed by atoms with Crippen molar-refractivity contribution in [2.75, 3.05) is 0 Å². The zero-order valence-corrected chi connectivity index (χ0v) is 21.0. The van der Waals surface area contributed by atoms with Crippen molar-refractivity contribution >= 4 is 49.4 Å². The summed E-state index contributed by atoms with van der Waals surface area (Å²) in [6.07, 6.45) is 0. The SMILES string of the molecule is Cn1c2[n+](c3ccccc31)C13c4c(cccc4-2)Oc2ccc4c5ccccc5n5c6ccccc6[n+]1c5c4c23. The molecule has 5 aromatic carbocycles. The van der Waals surface area contributed by atoms with Gasteiger partial charge in [0.25, 0.3) is 5.82 Å². The van der Waals surface area contributed by atoms with E-state index in [0.717, 1.165) is 11.5 Å². The summed E-state index contributed by atoms with van der Waals surface area (Å²) in [6.45, 7) is 0. The van der Waals surface area contributed by atoms with Crippen molar-refractivity contribution < 1.29 is 13.9 Å². The fourth-order valence-electron chi connectivity index (χ4n) is 8.23. The van der Waals surface area contributed by atoms with Gasteiger partial charge >= 0.3 is 11.3 Å². The monoisotopic (exact) mass is 500 g/mol. The molecule has 3 aliphatic heterocycles. The van der Waals surface area contributed by atoms with E-state index in [9.17, 15) is 0 Å². The molecule has 180 valence electrons. The van der Waals surface area contributed by atoms with Crippen LogP contribution in [0.1, 0.15) is 11.1 Å². The third kappa shape index (κ3) is 1.72. The Labute approximate surface area is 221 Å². The van der Waals surface area contributed by atoms with Crippen LogP contribution in [-0.2, 0) is 12.7 Å². The van der Waals surface area contributed by atoms with Gasteiger partial charge in [-0.3, -0.25) is 0 Å². The number of pyridine rings is 1. The van der Waals surface area contributed by atoms with Crippen molar-refractivity contribution in [2.24, 2.45) is 7.05 Å². The van der Waals surface area contributed by atoms with Crippen LogP contribution in [0, 0.1) is 0 Å². The summed E-state index contributed by atoms with van der Waals surface area (Å²) in [7, 11) is 2.19. The maximum absolute atomic E-state index is 6.78. The highest BCUT2D eigenvalue weighted by Crippen LogP contribution is 2.58. The van der Waals surface area contributed by atoms with E-state index in [1.807, 2.05) is 0 Å². The maximum atomic E-state index is 6.78. The predicted octanol–water partition coefficient (Wildman–Crippen LogP) is 6.16. The van der Waals surface area contributed by atoms with Gasteiger partial charge in [-0.2, -0.15) is 13.5 Å². The van der Waals surface area contributed by atoms with Crippen molar-refractivity contribution in [1.29, 1.82) is 0 Å². The van der Waals surface area contributed by atoms with Gasteiger partial charge in [0.2, 0.25) is 0 Å². The Hall–Kier alpha value is -5.16. The lowest BCUT2D eigenvalue weighted by molar-refractivity contribution is -0.929. The number of ether oxygens (including phenoxy) is 1. The van der Waals surface area contributed by atoms with Crippen LogP contribution in [0.5, 0.6) is 11.5 Å². The van der Waals surface area contributed by atoms with Gasteiger partial charge in [0.1, 0.15) is 28.1 Å². The van der Waals surface area contributed by atoms with Gasteiger partial charge in [-0.15, -0.1) is 0 Å². The van der Waals surface area contributed by atoms with Crippen molar-refractivity contribution in [2.45, 2.75) is 5.66 Å². The van der Waals surface area contributed by atoms with Crippen LogP contribution < -0.4 is 13.9 Å². The largest absolute Gasteiger partial charge is 0.456 e. The summed E-state index contributed by atoms with van der Waals surface area (Å²) in [6, 6.07) is 37.5. The van der Waals surface area contributed by atoms with Crippen LogP contribution in [0.3, 0.4) is 0 Å². The summed E-state index contributed by atoms with van der Waals surface area (Å²) >= 11 is 0. The van der Waals surface area contributed by atoms with E-state index in [1.165, 1.54) is 71.9 Å². The van der Waals surface area contributed by atoms with Crippen LogP contribution in [0.15, 0.2) is 103 Å². The second-order valence-electron chi connectivity index (χ2n) is 11.0. The standard InChI is InChI=1S/C34H20N4O/c1-35-23-12-4-6-14-25(23)37-32(35)21-10-8-16-27-30(21)34(37)31-28(39-27)18-17-20-19-9-2-3-11-22(19)36-24-13-5-7-15-26(24)38(34)33(36)29(20)31/h2-18H,1H3/q+2. The number of hydrogen-bond donors (Lipinski definition) is 0. The molecule has 1 atom stereocenters. The number of benzene rings is 5. The lowest BCUT2D eigenvalue weighted by Gasteiger charge is -2.30. The van der Waals surface area contributed by atoms with E-state index in [0.29, 0.717) is 0 Å². The third-order valence-corrected chi connectivity index (χ3v) is 9.46. The molecule has 5 heteroatoms. The molecular weight excluding hydrogens is 480 g/mol. The Morgan fingerprint density at radius 1 is 0.615 bits per heavy atom. The number of nitrogens with zero attached hydrogens (tertiary/aromatic N) is 4. The average molecular weight is 501 g/mol. The number of fused-ring (bicyclic) bond motifs is 10. The Morgan fingerprint density at radius 3 is 2.21 bits per heavy atom. The second-order valence-corrected chi connectivity index (χ2v) is 11.0. The quantitative estimate of drug-likeness (QED) is 0.181. The summed E-state index contributed by atoms with van der Waals surface area (Å²) in [5, 5.41) is 3.80. The first kappa shape index (κ1) is 19.0. The Bertz CT molecular complexity index is 2500. The zero-order valence-electron chi connectivity index (χ0n) is 21.0. The molecular formula is C34H20N4O+2. The van der Waals surface area contributed by atoms with E-state index < -0.39 is 5.66 Å². The van der Waals surface area contributed by atoms with Crippen molar-refractivity contribution in [1.82, 2.24) is 8.97 Å². The topological polar surface area (TPSA) is 26.3 Å². The number of imidazole rings is 2. The number of hydrogen-bond acceptors (Lipinski definition) is 1. The lowest BCUT2D eigenvalue weighted by Crippen LogP contribution is -2.71. The molecule has 5 nitrogen and oxygen atoms in total. The summed E-state index contributed by atoms with van der Waals surface area (Å²) in [5.74, 6) is 3.07. The minimum atomic E-state index is -0.608. The number of rotatable bonds is 0. The highest BCUT2D eigenvalue weighted by Gasteiger charge is 2.68. The summed E-state index contributed by atoms with van der Waals surface area (Å²) in [5.41, 5.74) is 10.4. The normalized spacial score (nSPS) is 17.7. The molecule has 0 radical (unpaired) electrons. The van der Waals surface area contributed by atoms with Crippen LogP contribution in [0.25, 0.3) is 60.8 Å². The van der Waals surface area contributed by atoms with Crippen molar-refractivity contribution in [3.05, 3.63) is 114 Å².